The van der Waals surface area contributed by atoms with Gasteiger partial charge in [-0.2, -0.15) is 0 Å². The smallest absolute Gasteiger partial charge is 0.125 e. The zero-order valence-corrected chi connectivity index (χ0v) is 7.38. The molecule has 4 heteroatoms. The highest BCUT2D eigenvalue weighted by Gasteiger charge is 1.94. The summed E-state index contributed by atoms with van der Waals surface area (Å²) in [5.41, 5.74) is 5.76. The Morgan fingerprint density at radius 2 is 2.00 bits per heavy atom. The van der Waals surface area contributed by atoms with Crippen LogP contribution in [-0.2, 0) is 0 Å². The van der Waals surface area contributed by atoms with Gasteiger partial charge in [-0.15, -0.1) is 12.4 Å². The molecule has 0 bridgehead atoms. The summed E-state index contributed by atoms with van der Waals surface area (Å²) in [6.45, 7) is 0. The first-order valence-electron chi connectivity index (χ1n) is 2.40. The van der Waals surface area contributed by atoms with Crippen LogP contribution in [0.3, 0.4) is 0 Å². The van der Waals surface area contributed by atoms with Gasteiger partial charge in [0.25, 0.3) is 0 Å². The molecule has 0 aliphatic heterocycles. The first kappa shape index (κ1) is 9.72. The Bertz CT molecular complexity index is 229. The van der Waals surface area contributed by atoms with Crippen LogP contribution in [0.1, 0.15) is 0 Å². The second-order valence-electron chi connectivity index (χ2n) is 1.67. The molecule has 10 heavy (non-hydrogen) atoms. The van der Waals surface area contributed by atoms with Crippen molar-refractivity contribution >= 4 is 34.0 Å². The summed E-state index contributed by atoms with van der Waals surface area (Å²) in [4.78, 5) is 0. The lowest BCUT2D eigenvalue weighted by molar-refractivity contribution is 0.628. The Balaban J connectivity index is 0.000000810. The highest BCUT2D eigenvalue weighted by Crippen LogP contribution is 2.18. The summed E-state index contributed by atoms with van der Waals surface area (Å²) < 4.78 is 13.0. The fraction of sp³-hybridized carbons (Fsp3) is 0. The molecule has 0 amide bonds. The van der Waals surface area contributed by atoms with Gasteiger partial charge in [0.1, 0.15) is 5.82 Å². The van der Waals surface area contributed by atoms with E-state index in [9.17, 15) is 4.39 Å². The maximum atomic E-state index is 12.2. The predicted octanol–water partition coefficient (Wildman–Crippen LogP) is 2.59. The summed E-state index contributed by atoms with van der Waals surface area (Å²) >= 11 is 3.14. The predicted molar refractivity (Wildman–Crippen MR) is 45.8 cm³/mol. The van der Waals surface area contributed by atoms with Crippen LogP contribution in [-0.4, -0.2) is 0 Å². The monoisotopic (exact) mass is 225 g/mol. The van der Waals surface area contributed by atoms with Crippen LogP contribution < -0.4 is 5.73 Å². The summed E-state index contributed by atoms with van der Waals surface area (Å²) in [6.07, 6.45) is 0. The van der Waals surface area contributed by atoms with Gasteiger partial charge < -0.3 is 5.73 Å². The molecule has 0 radical (unpaired) electrons. The van der Waals surface area contributed by atoms with Crippen molar-refractivity contribution in [2.45, 2.75) is 0 Å². The van der Waals surface area contributed by atoms with E-state index in [1.54, 1.807) is 6.07 Å². The van der Waals surface area contributed by atoms with Gasteiger partial charge >= 0.3 is 0 Å². The van der Waals surface area contributed by atoms with Crippen LogP contribution in [0.5, 0.6) is 0 Å². The maximum absolute atomic E-state index is 12.2. The number of nitrogen functional groups attached to an aromatic ring is 1. The average molecular weight is 226 g/mol. The van der Waals surface area contributed by atoms with Gasteiger partial charge in [0.15, 0.2) is 0 Å². The SMILES string of the molecule is Cl.Nc1cc(F)ccc1Br. The third-order valence-corrected chi connectivity index (χ3v) is 1.68. The molecular weight excluding hydrogens is 220 g/mol. The van der Waals surface area contributed by atoms with Crippen LogP contribution in [0.15, 0.2) is 22.7 Å². The molecule has 0 aliphatic rings. The van der Waals surface area contributed by atoms with Crippen LogP contribution in [0.4, 0.5) is 10.1 Å². The van der Waals surface area contributed by atoms with E-state index in [0.29, 0.717) is 5.69 Å². The highest BCUT2D eigenvalue weighted by molar-refractivity contribution is 9.10. The van der Waals surface area contributed by atoms with Crippen molar-refractivity contribution in [2.24, 2.45) is 0 Å². The molecule has 1 rings (SSSR count). The lowest BCUT2D eigenvalue weighted by Crippen LogP contribution is -1.86. The molecule has 56 valence electrons. The van der Waals surface area contributed by atoms with Gasteiger partial charge in [-0.25, -0.2) is 4.39 Å². The third-order valence-electron chi connectivity index (χ3n) is 0.958. The van der Waals surface area contributed by atoms with E-state index < -0.39 is 0 Å². The van der Waals surface area contributed by atoms with E-state index in [1.807, 2.05) is 0 Å². The molecule has 0 aliphatic carbocycles. The Hall–Kier alpha value is -0.280. The number of hydrogen-bond acceptors (Lipinski definition) is 1. The minimum Gasteiger partial charge on any atom is -0.398 e. The highest BCUT2D eigenvalue weighted by atomic mass is 79.9. The molecule has 0 heterocycles. The third kappa shape index (κ3) is 2.15. The number of benzene rings is 1. The van der Waals surface area contributed by atoms with Crippen molar-refractivity contribution in [1.82, 2.24) is 0 Å². The fourth-order valence-corrected chi connectivity index (χ4v) is 0.761. The van der Waals surface area contributed by atoms with Gasteiger partial charge in [0.05, 0.1) is 0 Å². The van der Waals surface area contributed by atoms with Crippen molar-refractivity contribution < 1.29 is 4.39 Å². The van der Waals surface area contributed by atoms with Crippen molar-refractivity contribution in [3.63, 3.8) is 0 Å². The van der Waals surface area contributed by atoms with Crippen LogP contribution >= 0.6 is 28.3 Å². The molecule has 1 nitrogen and oxygen atoms in total. The molecule has 0 aromatic heterocycles. The lowest BCUT2D eigenvalue weighted by Gasteiger charge is -1.94. The quantitative estimate of drug-likeness (QED) is 0.676. The van der Waals surface area contributed by atoms with Gasteiger partial charge in [-0.1, -0.05) is 0 Å². The molecule has 0 spiro atoms. The van der Waals surface area contributed by atoms with E-state index in [0.717, 1.165) is 4.47 Å². The molecule has 0 fully saturated rings. The number of hydrogen-bond donors (Lipinski definition) is 1. The molecule has 0 saturated carbocycles. The second-order valence-corrected chi connectivity index (χ2v) is 2.52. The zero-order chi connectivity index (χ0) is 6.85. The molecule has 1 aromatic carbocycles. The van der Waals surface area contributed by atoms with Crippen molar-refractivity contribution in [3.8, 4) is 0 Å². The summed E-state index contributed by atoms with van der Waals surface area (Å²) in [6, 6.07) is 4.19. The van der Waals surface area contributed by atoms with E-state index in [2.05, 4.69) is 15.9 Å². The summed E-state index contributed by atoms with van der Waals surface area (Å²) in [5.74, 6) is -0.310. The molecule has 0 unspecified atom stereocenters. The van der Waals surface area contributed by atoms with Gasteiger partial charge in [-0.3, -0.25) is 0 Å². The van der Waals surface area contributed by atoms with E-state index in [-0.39, 0.29) is 18.2 Å². The summed E-state index contributed by atoms with van der Waals surface area (Å²) in [7, 11) is 0. The average Bonchev–Trinajstić information content (AvgIpc) is 1.80. The molecule has 2 N–H and O–H groups in total. The number of halogens is 3. The van der Waals surface area contributed by atoms with E-state index >= 15 is 0 Å². The first-order chi connectivity index (χ1) is 4.20. The lowest BCUT2D eigenvalue weighted by atomic mass is 10.3. The molecule has 1 aromatic rings. The van der Waals surface area contributed by atoms with Crippen molar-refractivity contribution in [3.05, 3.63) is 28.5 Å². The zero-order valence-electron chi connectivity index (χ0n) is 4.97. The Morgan fingerprint density at radius 1 is 1.40 bits per heavy atom. The minimum atomic E-state index is -0.310. The maximum Gasteiger partial charge on any atom is 0.125 e. The van der Waals surface area contributed by atoms with Crippen LogP contribution in [0.2, 0.25) is 0 Å². The van der Waals surface area contributed by atoms with Gasteiger partial charge in [-0.05, 0) is 34.1 Å². The van der Waals surface area contributed by atoms with Crippen molar-refractivity contribution in [1.29, 1.82) is 0 Å². The standard InChI is InChI=1S/C6H5BrFN.ClH/c7-5-2-1-4(8)3-6(5)9;/h1-3H,9H2;1H. The Kier molecular flexibility index (Phi) is 3.68. The largest absolute Gasteiger partial charge is 0.398 e. The topological polar surface area (TPSA) is 26.0 Å². The van der Waals surface area contributed by atoms with E-state index in [4.69, 9.17) is 5.73 Å². The number of nitrogens with two attached hydrogens (primary N) is 1. The van der Waals surface area contributed by atoms with E-state index in [1.165, 1.54) is 12.1 Å². The van der Waals surface area contributed by atoms with Crippen molar-refractivity contribution in [2.75, 3.05) is 5.73 Å². The second kappa shape index (κ2) is 3.78. The number of rotatable bonds is 0. The molecular formula is C6H6BrClFN. The Labute approximate surface area is 73.0 Å². The van der Waals surface area contributed by atoms with Gasteiger partial charge in [0.2, 0.25) is 0 Å². The normalized spacial score (nSPS) is 8.60. The first-order valence-corrected chi connectivity index (χ1v) is 3.20. The molecule has 0 atom stereocenters. The minimum absolute atomic E-state index is 0. The Morgan fingerprint density at radius 3 is 2.40 bits per heavy atom. The number of anilines is 1. The summed E-state index contributed by atoms with van der Waals surface area (Å²) in [5, 5.41) is 0. The van der Waals surface area contributed by atoms with Crippen LogP contribution in [0, 0.1) is 5.82 Å². The molecule has 0 saturated heterocycles. The fourth-order valence-electron chi connectivity index (χ4n) is 0.515. The van der Waals surface area contributed by atoms with Gasteiger partial charge in [0, 0.05) is 10.2 Å². The van der Waals surface area contributed by atoms with Crippen LogP contribution in [0.25, 0.3) is 0 Å².